The summed E-state index contributed by atoms with van der Waals surface area (Å²) in [5.41, 5.74) is 7.72. The van der Waals surface area contributed by atoms with Crippen LogP contribution >= 0.6 is 0 Å². The van der Waals surface area contributed by atoms with Gasteiger partial charge in [-0.1, -0.05) is 30.3 Å². The van der Waals surface area contributed by atoms with Gasteiger partial charge in [-0.05, 0) is 78.8 Å². The summed E-state index contributed by atoms with van der Waals surface area (Å²) < 4.78 is 55.9. The lowest BCUT2D eigenvalue weighted by Gasteiger charge is -2.31. The summed E-state index contributed by atoms with van der Waals surface area (Å²) >= 11 is 0. The Bertz CT molecular complexity index is 1430. The summed E-state index contributed by atoms with van der Waals surface area (Å²) in [6.45, 7) is 0.290. The summed E-state index contributed by atoms with van der Waals surface area (Å²) in [5.74, 6) is -1.19. The molecule has 3 aromatic rings. The third-order valence-electron chi connectivity index (χ3n) is 7.31. The van der Waals surface area contributed by atoms with Crippen LogP contribution in [0.1, 0.15) is 52.4 Å². The summed E-state index contributed by atoms with van der Waals surface area (Å²) in [6, 6.07) is 17.1. The van der Waals surface area contributed by atoms with Crippen molar-refractivity contribution < 1.29 is 46.9 Å². The number of primary amides is 1. The van der Waals surface area contributed by atoms with Gasteiger partial charge in [0.25, 0.3) is 0 Å². The SMILES string of the molecule is NC(=O)c1cccc(COc2ccc(C(O)C3CCC(CCc4ccc5c(c4)OCO5)N3OC(=O)C(F)(F)F)cc2)c1. The topological polar surface area (TPSA) is 121 Å². The second-order valence-corrected chi connectivity index (χ2v) is 10.1. The van der Waals surface area contributed by atoms with E-state index in [1.165, 1.54) is 0 Å². The number of carbonyl (C=O) groups excluding carboxylic acids is 2. The third-order valence-corrected chi connectivity index (χ3v) is 7.31. The number of aliphatic hydroxyl groups excluding tert-OH is 1. The highest BCUT2D eigenvalue weighted by molar-refractivity contribution is 5.92. The first-order chi connectivity index (χ1) is 20.1. The lowest BCUT2D eigenvalue weighted by Crippen LogP contribution is -2.44. The van der Waals surface area contributed by atoms with Crippen LogP contribution < -0.4 is 19.9 Å². The van der Waals surface area contributed by atoms with Crippen LogP contribution in [0.5, 0.6) is 17.2 Å². The van der Waals surface area contributed by atoms with E-state index in [9.17, 15) is 27.9 Å². The number of ether oxygens (including phenoxy) is 3. The molecular weight excluding hydrogens is 557 g/mol. The van der Waals surface area contributed by atoms with Gasteiger partial charge >= 0.3 is 12.1 Å². The minimum Gasteiger partial charge on any atom is -0.489 e. The van der Waals surface area contributed by atoms with Gasteiger partial charge in [0, 0.05) is 11.6 Å². The molecule has 3 atom stereocenters. The van der Waals surface area contributed by atoms with Crippen molar-refractivity contribution in [1.29, 1.82) is 0 Å². The first-order valence-corrected chi connectivity index (χ1v) is 13.3. The summed E-state index contributed by atoms with van der Waals surface area (Å²) in [7, 11) is 0. The molecule has 2 heterocycles. The molecule has 222 valence electrons. The molecule has 3 unspecified atom stereocenters. The van der Waals surface area contributed by atoms with Crippen LogP contribution in [0.2, 0.25) is 0 Å². The fourth-order valence-electron chi connectivity index (χ4n) is 5.14. The van der Waals surface area contributed by atoms with Crippen LogP contribution in [0.3, 0.4) is 0 Å². The number of halogens is 3. The van der Waals surface area contributed by atoms with Gasteiger partial charge in [-0.15, -0.1) is 5.06 Å². The van der Waals surface area contributed by atoms with Gasteiger partial charge in [0.1, 0.15) is 12.4 Å². The highest BCUT2D eigenvalue weighted by Crippen LogP contribution is 2.38. The van der Waals surface area contributed by atoms with Gasteiger partial charge in [0.2, 0.25) is 12.7 Å². The number of amides is 1. The number of aliphatic hydroxyl groups is 1. The van der Waals surface area contributed by atoms with Crippen LogP contribution in [0, 0.1) is 0 Å². The molecule has 1 fully saturated rings. The minimum absolute atomic E-state index is 0.125. The number of nitrogens with zero attached hydrogens (tertiary/aromatic N) is 1. The lowest BCUT2D eigenvalue weighted by molar-refractivity contribution is -0.254. The number of aryl methyl sites for hydroxylation is 1. The highest BCUT2D eigenvalue weighted by atomic mass is 19.4. The predicted molar refractivity (Wildman–Crippen MR) is 142 cm³/mol. The molecule has 12 heteroatoms. The first-order valence-electron chi connectivity index (χ1n) is 13.3. The maximum Gasteiger partial charge on any atom is 0.492 e. The summed E-state index contributed by atoms with van der Waals surface area (Å²) in [5, 5.41) is 12.2. The molecule has 2 aliphatic rings. The zero-order chi connectivity index (χ0) is 29.9. The molecule has 5 rings (SSSR count). The Hall–Kier alpha value is -4.29. The summed E-state index contributed by atoms with van der Waals surface area (Å²) in [6.07, 6.45) is -4.82. The second kappa shape index (κ2) is 12.3. The Morgan fingerprint density at radius 1 is 1.00 bits per heavy atom. The van der Waals surface area contributed by atoms with Gasteiger partial charge < -0.3 is 29.9 Å². The molecule has 1 amide bonds. The van der Waals surface area contributed by atoms with Gasteiger partial charge in [-0.3, -0.25) is 4.79 Å². The van der Waals surface area contributed by atoms with Crippen LogP contribution in [0.4, 0.5) is 13.2 Å². The van der Waals surface area contributed by atoms with E-state index in [0.717, 1.165) is 16.2 Å². The van der Waals surface area contributed by atoms with E-state index in [2.05, 4.69) is 0 Å². The number of fused-ring (bicyclic) bond motifs is 1. The van der Waals surface area contributed by atoms with Crippen molar-refractivity contribution in [1.82, 2.24) is 5.06 Å². The zero-order valence-electron chi connectivity index (χ0n) is 22.4. The Morgan fingerprint density at radius 3 is 2.50 bits per heavy atom. The summed E-state index contributed by atoms with van der Waals surface area (Å²) in [4.78, 5) is 28.1. The standard InChI is InChI=1S/C30H29F3N2O7/c31-30(32,33)29(38)42-35-22(8-4-18-5-13-25-26(15-18)41-17-40-25)9-12-24(35)27(36)20-6-10-23(11-7-20)39-16-19-2-1-3-21(14-19)28(34)37/h1-3,5-7,10-11,13-15,22,24,27,36H,4,8-9,12,16-17H2,(H2,34,37). The molecule has 0 bridgehead atoms. The van der Waals surface area contributed by atoms with E-state index in [1.54, 1.807) is 54.6 Å². The second-order valence-electron chi connectivity index (χ2n) is 10.1. The van der Waals surface area contributed by atoms with Crippen LogP contribution in [-0.2, 0) is 22.7 Å². The number of carbonyl (C=O) groups is 2. The Morgan fingerprint density at radius 2 is 1.76 bits per heavy atom. The largest absolute Gasteiger partial charge is 0.492 e. The van der Waals surface area contributed by atoms with Crippen molar-refractivity contribution in [2.75, 3.05) is 6.79 Å². The number of hydrogen-bond donors (Lipinski definition) is 2. The predicted octanol–water partition coefficient (Wildman–Crippen LogP) is 4.61. The zero-order valence-corrected chi connectivity index (χ0v) is 22.4. The molecule has 0 aromatic heterocycles. The number of rotatable bonds is 10. The fourth-order valence-corrected chi connectivity index (χ4v) is 5.14. The Balaban J connectivity index is 1.25. The molecular formula is C30H29F3N2O7. The van der Waals surface area contributed by atoms with Crippen molar-refractivity contribution in [3.05, 3.63) is 89.0 Å². The molecule has 3 aromatic carbocycles. The Kier molecular flexibility index (Phi) is 8.55. The maximum absolute atomic E-state index is 13.1. The molecule has 1 saturated heterocycles. The van der Waals surface area contributed by atoms with Crippen molar-refractivity contribution in [2.24, 2.45) is 5.73 Å². The number of nitrogens with two attached hydrogens (primary N) is 1. The molecule has 3 N–H and O–H groups in total. The third kappa shape index (κ3) is 6.77. The van der Waals surface area contributed by atoms with Gasteiger partial charge in [-0.2, -0.15) is 13.2 Å². The number of alkyl halides is 3. The molecule has 0 saturated carbocycles. The van der Waals surface area contributed by atoms with Crippen molar-refractivity contribution >= 4 is 11.9 Å². The molecule has 42 heavy (non-hydrogen) atoms. The average Bonchev–Trinajstić information content (AvgIpc) is 3.61. The normalized spacial score (nSPS) is 19.0. The van der Waals surface area contributed by atoms with Crippen molar-refractivity contribution in [2.45, 2.75) is 56.7 Å². The number of hydrogen-bond acceptors (Lipinski definition) is 8. The first kappa shape index (κ1) is 29.2. The quantitative estimate of drug-likeness (QED) is 0.354. The lowest BCUT2D eigenvalue weighted by atomic mass is 10.0. The van der Waals surface area contributed by atoms with Crippen molar-refractivity contribution in [3.8, 4) is 17.2 Å². The van der Waals surface area contributed by atoms with Crippen molar-refractivity contribution in [3.63, 3.8) is 0 Å². The highest BCUT2D eigenvalue weighted by Gasteiger charge is 2.47. The van der Waals surface area contributed by atoms with E-state index >= 15 is 0 Å². The minimum atomic E-state index is -5.18. The van der Waals surface area contributed by atoms with E-state index in [1.807, 2.05) is 12.1 Å². The number of hydroxylamine groups is 2. The van der Waals surface area contributed by atoms with E-state index in [0.29, 0.717) is 54.1 Å². The van der Waals surface area contributed by atoms with E-state index in [4.69, 9.17) is 24.8 Å². The van der Waals surface area contributed by atoms with Crippen LogP contribution in [0.25, 0.3) is 0 Å². The van der Waals surface area contributed by atoms with Crippen LogP contribution in [0.15, 0.2) is 66.7 Å². The van der Waals surface area contributed by atoms with Gasteiger partial charge in [0.05, 0.1) is 12.1 Å². The Labute approximate surface area is 239 Å². The van der Waals surface area contributed by atoms with Crippen LogP contribution in [-0.4, -0.2) is 47.1 Å². The maximum atomic E-state index is 13.1. The smallest absolute Gasteiger partial charge is 0.489 e. The number of benzene rings is 3. The molecule has 0 radical (unpaired) electrons. The molecule has 0 spiro atoms. The van der Waals surface area contributed by atoms with Gasteiger partial charge in [-0.25, -0.2) is 4.79 Å². The molecule has 2 aliphatic heterocycles. The molecule has 0 aliphatic carbocycles. The van der Waals surface area contributed by atoms with E-state index < -0.39 is 36.2 Å². The fraction of sp³-hybridized carbons (Fsp3) is 0.333. The van der Waals surface area contributed by atoms with E-state index in [-0.39, 0.29) is 13.4 Å². The monoisotopic (exact) mass is 586 g/mol. The average molecular weight is 587 g/mol. The van der Waals surface area contributed by atoms with Gasteiger partial charge in [0.15, 0.2) is 11.5 Å². The molecule has 9 nitrogen and oxygen atoms in total.